The highest BCUT2D eigenvalue weighted by molar-refractivity contribution is 6.14. The van der Waals surface area contributed by atoms with Crippen LogP contribution in [0.3, 0.4) is 0 Å². The standard InChI is InChI=1S/C54H35NO/c1-2-10-40-33-41(18-17-36(40)9-1)37-19-26-44(27-20-37)55(45-28-21-38(22-29-45)42-25-32-54-52(34-42)50-15-7-8-16-53(50)56-54)46-30-23-39(24-31-46)51-35-43-11-3-4-12-47(43)48-13-5-6-14-49(48)51/h1-35H. The van der Waals surface area contributed by atoms with Crippen molar-refractivity contribution in [1.29, 1.82) is 0 Å². The molecule has 0 N–H and O–H groups in total. The van der Waals surface area contributed by atoms with Crippen LogP contribution in [0, 0.1) is 0 Å². The summed E-state index contributed by atoms with van der Waals surface area (Å²) in [4.78, 5) is 2.35. The molecule has 0 radical (unpaired) electrons. The largest absolute Gasteiger partial charge is 0.456 e. The molecule has 0 aliphatic heterocycles. The SMILES string of the molecule is c1ccc2cc(-c3ccc(N(c4ccc(-c5ccc6oc7ccccc7c6c5)cc4)c4ccc(-c5cc6ccccc6c6ccccc56)cc4)cc3)ccc2c1. The predicted octanol–water partition coefficient (Wildman–Crippen LogP) is 15.5. The Labute approximate surface area is 325 Å². The van der Waals surface area contributed by atoms with Crippen molar-refractivity contribution in [3.8, 4) is 33.4 Å². The van der Waals surface area contributed by atoms with Crippen LogP contribution in [0.4, 0.5) is 17.1 Å². The summed E-state index contributed by atoms with van der Waals surface area (Å²) in [6.45, 7) is 0. The molecule has 0 fully saturated rings. The molecule has 1 aromatic heterocycles. The summed E-state index contributed by atoms with van der Waals surface area (Å²) >= 11 is 0. The fraction of sp³-hybridized carbons (Fsp3) is 0. The van der Waals surface area contributed by atoms with Crippen LogP contribution in [0.15, 0.2) is 217 Å². The molecule has 0 unspecified atom stereocenters. The van der Waals surface area contributed by atoms with Crippen molar-refractivity contribution < 1.29 is 4.42 Å². The Morgan fingerprint density at radius 2 is 0.750 bits per heavy atom. The first-order chi connectivity index (χ1) is 27.7. The highest BCUT2D eigenvalue weighted by Gasteiger charge is 2.16. The molecule has 11 aromatic rings. The van der Waals surface area contributed by atoms with Crippen LogP contribution >= 0.6 is 0 Å². The van der Waals surface area contributed by atoms with Crippen LogP contribution < -0.4 is 4.90 Å². The molecule has 11 rings (SSSR count). The van der Waals surface area contributed by atoms with Crippen LogP contribution in [0.25, 0.3) is 87.6 Å². The van der Waals surface area contributed by atoms with E-state index in [9.17, 15) is 0 Å². The minimum Gasteiger partial charge on any atom is -0.456 e. The summed E-state index contributed by atoms with van der Waals surface area (Å²) < 4.78 is 6.12. The van der Waals surface area contributed by atoms with E-state index >= 15 is 0 Å². The lowest BCUT2D eigenvalue weighted by Gasteiger charge is -2.26. The second-order valence-electron chi connectivity index (χ2n) is 14.5. The fourth-order valence-corrected chi connectivity index (χ4v) is 8.41. The summed E-state index contributed by atoms with van der Waals surface area (Å²) in [7, 11) is 0. The Morgan fingerprint density at radius 3 is 1.45 bits per heavy atom. The van der Waals surface area contributed by atoms with E-state index in [1.807, 2.05) is 12.1 Å². The summed E-state index contributed by atoms with van der Waals surface area (Å²) in [5.41, 5.74) is 12.3. The maximum atomic E-state index is 6.12. The van der Waals surface area contributed by atoms with Gasteiger partial charge in [0.2, 0.25) is 0 Å². The van der Waals surface area contributed by atoms with Crippen molar-refractivity contribution in [3.05, 3.63) is 212 Å². The van der Waals surface area contributed by atoms with E-state index in [1.165, 1.54) is 54.6 Å². The van der Waals surface area contributed by atoms with E-state index in [0.717, 1.165) is 50.1 Å². The van der Waals surface area contributed by atoms with Gasteiger partial charge < -0.3 is 9.32 Å². The van der Waals surface area contributed by atoms with Crippen molar-refractivity contribution in [2.24, 2.45) is 0 Å². The molecule has 0 amide bonds. The first-order valence-corrected chi connectivity index (χ1v) is 19.2. The third-order valence-corrected chi connectivity index (χ3v) is 11.2. The van der Waals surface area contributed by atoms with Gasteiger partial charge in [-0.2, -0.15) is 0 Å². The molecule has 0 aliphatic carbocycles. The van der Waals surface area contributed by atoms with E-state index in [0.29, 0.717) is 0 Å². The molecule has 0 atom stereocenters. The molecule has 0 aliphatic rings. The molecule has 0 spiro atoms. The van der Waals surface area contributed by atoms with Crippen LogP contribution in [0.2, 0.25) is 0 Å². The Hall–Kier alpha value is -7.42. The first-order valence-electron chi connectivity index (χ1n) is 19.2. The number of hydrogen-bond donors (Lipinski definition) is 0. The quantitative estimate of drug-likeness (QED) is 0.160. The van der Waals surface area contributed by atoms with Gasteiger partial charge in [-0.1, -0.05) is 146 Å². The number of nitrogens with zero attached hydrogens (tertiary/aromatic N) is 1. The van der Waals surface area contributed by atoms with Gasteiger partial charge in [0.15, 0.2) is 0 Å². The number of para-hydroxylation sites is 1. The second kappa shape index (κ2) is 13.2. The Bertz CT molecular complexity index is 3230. The van der Waals surface area contributed by atoms with E-state index in [-0.39, 0.29) is 0 Å². The lowest BCUT2D eigenvalue weighted by atomic mass is 9.93. The smallest absolute Gasteiger partial charge is 0.135 e. The van der Waals surface area contributed by atoms with Gasteiger partial charge in [0.05, 0.1) is 0 Å². The van der Waals surface area contributed by atoms with E-state index in [2.05, 4.69) is 205 Å². The monoisotopic (exact) mass is 713 g/mol. The Balaban J connectivity index is 0.992. The summed E-state index contributed by atoms with van der Waals surface area (Å²) in [6.07, 6.45) is 0. The van der Waals surface area contributed by atoms with E-state index in [1.54, 1.807) is 0 Å². The number of rotatable bonds is 6. The molecule has 0 saturated heterocycles. The minimum atomic E-state index is 0.907. The second-order valence-corrected chi connectivity index (χ2v) is 14.5. The molecule has 56 heavy (non-hydrogen) atoms. The normalized spacial score (nSPS) is 11.6. The molecular weight excluding hydrogens is 679 g/mol. The van der Waals surface area contributed by atoms with Crippen LogP contribution in [-0.2, 0) is 0 Å². The van der Waals surface area contributed by atoms with E-state index in [4.69, 9.17) is 4.42 Å². The summed E-state index contributed by atoms with van der Waals surface area (Å²) in [5.74, 6) is 0. The number of benzene rings is 10. The van der Waals surface area contributed by atoms with Crippen LogP contribution in [-0.4, -0.2) is 0 Å². The predicted molar refractivity (Wildman–Crippen MR) is 237 cm³/mol. The topological polar surface area (TPSA) is 16.4 Å². The van der Waals surface area contributed by atoms with Crippen LogP contribution in [0.1, 0.15) is 0 Å². The number of hydrogen-bond acceptors (Lipinski definition) is 2. The van der Waals surface area contributed by atoms with Gasteiger partial charge in [-0.25, -0.2) is 0 Å². The average Bonchev–Trinajstić information content (AvgIpc) is 3.65. The molecule has 2 nitrogen and oxygen atoms in total. The molecule has 10 aromatic carbocycles. The summed E-state index contributed by atoms with van der Waals surface area (Å²) in [5, 5.41) is 9.84. The van der Waals surface area contributed by atoms with Crippen molar-refractivity contribution in [2.45, 2.75) is 0 Å². The van der Waals surface area contributed by atoms with Gasteiger partial charge >= 0.3 is 0 Å². The average molecular weight is 714 g/mol. The number of furan rings is 1. The van der Waals surface area contributed by atoms with Crippen LogP contribution in [0.5, 0.6) is 0 Å². The fourth-order valence-electron chi connectivity index (χ4n) is 8.41. The van der Waals surface area contributed by atoms with Gasteiger partial charge in [0.25, 0.3) is 0 Å². The maximum absolute atomic E-state index is 6.12. The Kier molecular flexibility index (Phi) is 7.53. The number of anilines is 3. The van der Waals surface area contributed by atoms with Crippen molar-refractivity contribution in [3.63, 3.8) is 0 Å². The highest BCUT2D eigenvalue weighted by atomic mass is 16.3. The minimum absolute atomic E-state index is 0.907. The number of fused-ring (bicyclic) bond motifs is 7. The van der Waals surface area contributed by atoms with Gasteiger partial charge in [0, 0.05) is 27.8 Å². The molecule has 262 valence electrons. The molecule has 1 heterocycles. The molecule has 0 bridgehead atoms. The maximum Gasteiger partial charge on any atom is 0.135 e. The molecule has 2 heteroatoms. The van der Waals surface area contributed by atoms with Crippen molar-refractivity contribution in [1.82, 2.24) is 0 Å². The van der Waals surface area contributed by atoms with Gasteiger partial charge in [-0.15, -0.1) is 0 Å². The first kappa shape index (κ1) is 32.0. The zero-order valence-corrected chi connectivity index (χ0v) is 30.6. The van der Waals surface area contributed by atoms with Gasteiger partial charge in [-0.05, 0) is 132 Å². The highest BCUT2D eigenvalue weighted by Crippen LogP contribution is 2.40. The Morgan fingerprint density at radius 1 is 0.268 bits per heavy atom. The lowest BCUT2D eigenvalue weighted by Crippen LogP contribution is -2.09. The summed E-state index contributed by atoms with van der Waals surface area (Å²) in [6, 6.07) is 76.6. The third kappa shape index (κ3) is 5.51. The lowest BCUT2D eigenvalue weighted by molar-refractivity contribution is 0.669. The van der Waals surface area contributed by atoms with Crippen molar-refractivity contribution >= 4 is 71.3 Å². The van der Waals surface area contributed by atoms with Gasteiger partial charge in [0.1, 0.15) is 11.2 Å². The van der Waals surface area contributed by atoms with E-state index < -0.39 is 0 Å². The zero-order chi connectivity index (χ0) is 37.0. The van der Waals surface area contributed by atoms with Crippen molar-refractivity contribution in [2.75, 3.05) is 4.90 Å². The zero-order valence-electron chi connectivity index (χ0n) is 30.6. The molecule has 0 saturated carbocycles. The van der Waals surface area contributed by atoms with Gasteiger partial charge in [-0.3, -0.25) is 0 Å². The third-order valence-electron chi connectivity index (χ3n) is 11.2. The molecular formula is C54H35NO.